The first kappa shape index (κ1) is 23.1. The van der Waals surface area contributed by atoms with Crippen molar-refractivity contribution in [2.45, 2.75) is 69.0 Å². The van der Waals surface area contributed by atoms with E-state index in [1.807, 2.05) is 13.0 Å². The van der Waals surface area contributed by atoms with Gasteiger partial charge in [0, 0.05) is 39.5 Å². The van der Waals surface area contributed by atoms with Crippen LogP contribution in [-0.4, -0.2) is 53.2 Å². The number of aromatic nitrogens is 2. The number of rotatable bonds is 8. The second-order valence-electron chi connectivity index (χ2n) is 9.50. The van der Waals surface area contributed by atoms with E-state index < -0.39 is 10.0 Å². The van der Waals surface area contributed by atoms with Gasteiger partial charge in [-0.15, -0.1) is 0 Å². The summed E-state index contributed by atoms with van der Waals surface area (Å²) >= 11 is 0. The first-order chi connectivity index (χ1) is 16.3. The Morgan fingerprint density at radius 1 is 1.12 bits per heavy atom. The minimum Gasteiger partial charge on any atom is -0.333 e. The van der Waals surface area contributed by atoms with Crippen LogP contribution in [-0.2, 0) is 34.2 Å². The predicted octanol–water partition coefficient (Wildman–Crippen LogP) is 3.92. The van der Waals surface area contributed by atoms with Crippen molar-refractivity contribution in [2.24, 2.45) is 0 Å². The Labute approximate surface area is 201 Å². The van der Waals surface area contributed by atoms with E-state index >= 15 is 0 Å². The van der Waals surface area contributed by atoms with Crippen LogP contribution in [0.25, 0.3) is 11.0 Å². The molecule has 5 rings (SSSR count). The molecule has 2 aromatic carbocycles. The molecule has 0 spiro atoms. The molecule has 0 radical (unpaired) electrons. The maximum atomic E-state index is 13.5. The van der Waals surface area contributed by atoms with Crippen LogP contribution in [0, 0.1) is 0 Å². The third kappa shape index (κ3) is 4.03. The summed E-state index contributed by atoms with van der Waals surface area (Å²) in [7, 11) is -0.482. The van der Waals surface area contributed by atoms with Crippen molar-refractivity contribution in [3.8, 4) is 0 Å². The third-order valence-electron chi connectivity index (χ3n) is 7.12. The number of nitrogens with zero attached hydrogens (tertiary/aromatic N) is 4. The van der Waals surface area contributed by atoms with Crippen LogP contribution in [0.4, 0.5) is 0 Å². The molecule has 2 aliphatic rings. The smallest absolute Gasteiger partial charge is 0.242 e. The molecule has 0 aliphatic heterocycles. The van der Waals surface area contributed by atoms with Crippen LogP contribution in [0.3, 0.4) is 0 Å². The molecule has 180 valence electrons. The van der Waals surface area contributed by atoms with Crippen molar-refractivity contribution in [1.29, 1.82) is 0 Å². The van der Waals surface area contributed by atoms with Gasteiger partial charge in [-0.05, 0) is 61.9 Å². The van der Waals surface area contributed by atoms with Crippen molar-refractivity contribution < 1.29 is 13.2 Å². The molecule has 1 amide bonds. The summed E-state index contributed by atoms with van der Waals surface area (Å²) in [6.45, 7) is 2.75. The Morgan fingerprint density at radius 3 is 2.59 bits per heavy atom. The summed E-state index contributed by atoms with van der Waals surface area (Å²) in [5.74, 6) is 1.02. The zero-order valence-electron chi connectivity index (χ0n) is 20.1. The van der Waals surface area contributed by atoms with Gasteiger partial charge in [-0.2, -0.15) is 0 Å². The largest absolute Gasteiger partial charge is 0.333 e. The fourth-order valence-electron chi connectivity index (χ4n) is 5.23. The van der Waals surface area contributed by atoms with Crippen molar-refractivity contribution in [3.05, 3.63) is 59.4 Å². The molecule has 0 bridgehead atoms. The number of hydrogen-bond acceptors (Lipinski definition) is 4. The second kappa shape index (κ2) is 8.82. The number of carbonyl (C=O) groups is 1. The highest BCUT2D eigenvalue weighted by atomic mass is 32.2. The van der Waals surface area contributed by atoms with Gasteiger partial charge in [0.05, 0.1) is 22.0 Å². The van der Waals surface area contributed by atoms with E-state index in [0.29, 0.717) is 30.9 Å². The molecule has 8 heteroatoms. The lowest BCUT2D eigenvalue weighted by atomic mass is 10.1. The van der Waals surface area contributed by atoms with Gasteiger partial charge in [0.15, 0.2) is 0 Å². The highest BCUT2D eigenvalue weighted by Crippen LogP contribution is 2.42. The standard InChI is InChI=1S/C26H32N4O3S/c1-4-29-24-14-12-20(34(32,33)28(2)3)17-22(24)27-25(29)15-16-26(31)30(19-10-11-19)23-13-9-18-7-5-6-8-21(18)23/h5-8,12,14,17,19,23H,4,9-11,13,15-16H2,1-3H3. The van der Waals surface area contributed by atoms with E-state index in [2.05, 4.69) is 33.7 Å². The molecular weight excluding hydrogens is 448 g/mol. The molecule has 0 saturated heterocycles. The Hall–Kier alpha value is -2.71. The number of imidazole rings is 1. The van der Waals surface area contributed by atoms with Crippen molar-refractivity contribution in [3.63, 3.8) is 0 Å². The Bertz CT molecular complexity index is 1340. The fourth-order valence-corrected chi connectivity index (χ4v) is 6.15. The van der Waals surface area contributed by atoms with E-state index in [-0.39, 0.29) is 16.8 Å². The van der Waals surface area contributed by atoms with Crippen LogP contribution in [0.2, 0.25) is 0 Å². The maximum Gasteiger partial charge on any atom is 0.242 e. The molecule has 2 aliphatic carbocycles. The summed E-state index contributed by atoms with van der Waals surface area (Å²) in [5, 5.41) is 0. The van der Waals surface area contributed by atoms with E-state index in [9.17, 15) is 13.2 Å². The predicted molar refractivity (Wildman–Crippen MR) is 132 cm³/mol. The lowest BCUT2D eigenvalue weighted by Gasteiger charge is -2.30. The summed E-state index contributed by atoms with van der Waals surface area (Å²) in [6.07, 6.45) is 5.14. The van der Waals surface area contributed by atoms with E-state index in [1.54, 1.807) is 12.1 Å². The topological polar surface area (TPSA) is 75.5 Å². The molecular formula is C26H32N4O3S. The van der Waals surface area contributed by atoms with E-state index in [0.717, 1.165) is 37.0 Å². The van der Waals surface area contributed by atoms with Crippen LogP contribution < -0.4 is 0 Å². The van der Waals surface area contributed by atoms with Gasteiger partial charge in [0.1, 0.15) is 5.82 Å². The van der Waals surface area contributed by atoms with Gasteiger partial charge in [0.25, 0.3) is 0 Å². The first-order valence-corrected chi connectivity index (χ1v) is 13.6. The maximum absolute atomic E-state index is 13.5. The molecule has 1 aromatic heterocycles. The number of carbonyl (C=O) groups excluding carboxylic acids is 1. The van der Waals surface area contributed by atoms with Crippen LogP contribution >= 0.6 is 0 Å². The van der Waals surface area contributed by atoms with Gasteiger partial charge in [0.2, 0.25) is 15.9 Å². The molecule has 1 heterocycles. The molecule has 1 saturated carbocycles. The highest BCUT2D eigenvalue weighted by Gasteiger charge is 2.40. The van der Waals surface area contributed by atoms with Crippen LogP contribution in [0.15, 0.2) is 47.4 Å². The lowest BCUT2D eigenvalue weighted by molar-refractivity contribution is -0.134. The Morgan fingerprint density at radius 2 is 1.88 bits per heavy atom. The number of fused-ring (bicyclic) bond motifs is 2. The van der Waals surface area contributed by atoms with Crippen molar-refractivity contribution >= 4 is 27.0 Å². The quantitative estimate of drug-likeness (QED) is 0.490. The third-order valence-corrected chi connectivity index (χ3v) is 8.93. The number of sulfonamides is 1. The van der Waals surface area contributed by atoms with Gasteiger partial charge in [-0.25, -0.2) is 17.7 Å². The molecule has 3 aromatic rings. The normalized spacial score (nSPS) is 17.9. The number of aryl methyl sites for hydroxylation is 3. The average Bonchev–Trinajstić information content (AvgIpc) is 3.46. The van der Waals surface area contributed by atoms with Crippen molar-refractivity contribution in [2.75, 3.05) is 14.1 Å². The minimum atomic E-state index is -3.53. The van der Waals surface area contributed by atoms with Gasteiger partial charge in [-0.3, -0.25) is 4.79 Å². The van der Waals surface area contributed by atoms with Gasteiger partial charge < -0.3 is 9.47 Å². The molecule has 34 heavy (non-hydrogen) atoms. The zero-order valence-corrected chi connectivity index (χ0v) is 20.9. The molecule has 1 atom stereocenters. The van der Waals surface area contributed by atoms with E-state index in [4.69, 9.17) is 4.98 Å². The monoisotopic (exact) mass is 480 g/mol. The Balaban J connectivity index is 1.38. The lowest BCUT2D eigenvalue weighted by Crippen LogP contribution is -2.36. The van der Waals surface area contributed by atoms with Crippen LogP contribution in [0.1, 0.15) is 55.6 Å². The summed E-state index contributed by atoms with van der Waals surface area (Å²) < 4.78 is 28.4. The fraction of sp³-hybridized carbons (Fsp3) is 0.462. The number of amides is 1. The van der Waals surface area contributed by atoms with Gasteiger partial charge in [-0.1, -0.05) is 24.3 Å². The first-order valence-electron chi connectivity index (χ1n) is 12.1. The van der Waals surface area contributed by atoms with E-state index in [1.165, 1.54) is 29.5 Å². The molecule has 0 N–H and O–H groups in total. The summed E-state index contributed by atoms with van der Waals surface area (Å²) in [4.78, 5) is 20.6. The molecule has 1 fully saturated rings. The molecule has 7 nitrogen and oxygen atoms in total. The number of benzene rings is 2. The van der Waals surface area contributed by atoms with Crippen molar-refractivity contribution in [1.82, 2.24) is 18.8 Å². The van der Waals surface area contributed by atoms with Crippen LogP contribution in [0.5, 0.6) is 0 Å². The highest BCUT2D eigenvalue weighted by molar-refractivity contribution is 7.89. The summed E-state index contributed by atoms with van der Waals surface area (Å²) in [5.41, 5.74) is 4.21. The second-order valence-corrected chi connectivity index (χ2v) is 11.6. The zero-order chi connectivity index (χ0) is 24.0. The number of hydrogen-bond donors (Lipinski definition) is 0. The summed E-state index contributed by atoms with van der Waals surface area (Å²) in [6, 6.07) is 14.1. The SMILES string of the molecule is CCn1c(CCC(=O)N(C2CC2)C2CCc3ccccc32)nc2cc(S(=O)(=O)N(C)C)ccc21. The average molecular weight is 481 g/mol. The molecule has 1 unspecified atom stereocenters. The Kier molecular flexibility index (Phi) is 5.98. The van der Waals surface area contributed by atoms with Gasteiger partial charge >= 0.3 is 0 Å². The minimum absolute atomic E-state index is 0.181.